The number of anilines is 1. The molecule has 6 heteroatoms. The first-order valence-corrected chi connectivity index (χ1v) is 7.94. The van der Waals surface area contributed by atoms with E-state index in [4.69, 9.17) is 10.1 Å². The molecule has 0 unspecified atom stereocenters. The summed E-state index contributed by atoms with van der Waals surface area (Å²) in [6, 6.07) is 0. The minimum Gasteiger partial charge on any atom is -0.481 e. The average molecular weight is 297 g/mol. The number of thiazole rings is 1. The third kappa shape index (κ3) is 3.70. The standard InChI is InChI=1S/C14H23N3O2S/c1-10(2)13-11(4-5-12(18)19)20-14(15-13)17-8-6-16(3)7-9-17/h10H,4-9H2,1-3H3,(H,18,19). The zero-order chi connectivity index (χ0) is 14.7. The highest BCUT2D eigenvalue weighted by atomic mass is 32.1. The largest absolute Gasteiger partial charge is 0.481 e. The maximum Gasteiger partial charge on any atom is 0.303 e. The predicted octanol–water partition coefficient (Wildman–Crippen LogP) is 2.04. The molecule has 0 aliphatic carbocycles. The van der Waals surface area contributed by atoms with Crippen LogP contribution in [0, 0.1) is 0 Å². The van der Waals surface area contributed by atoms with E-state index < -0.39 is 5.97 Å². The van der Waals surface area contributed by atoms with Gasteiger partial charge in [-0.05, 0) is 19.4 Å². The number of carboxylic acids is 1. The van der Waals surface area contributed by atoms with Gasteiger partial charge in [-0.25, -0.2) is 4.98 Å². The maximum absolute atomic E-state index is 10.8. The van der Waals surface area contributed by atoms with E-state index in [9.17, 15) is 4.79 Å². The van der Waals surface area contributed by atoms with Gasteiger partial charge in [-0.3, -0.25) is 4.79 Å². The zero-order valence-corrected chi connectivity index (χ0v) is 13.2. The van der Waals surface area contributed by atoms with Crippen LogP contribution in [0.15, 0.2) is 0 Å². The van der Waals surface area contributed by atoms with Crippen molar-refractivity contribution >= 4 is 22.4 Å². The van der Waals surface area contributed by atoms with Crippen LogP contribution in [0.4, 0.5) is 5.13 Å². The van der Waals surface area contributed by atoms with Crippen molar-refractivity contribution in [1.82, 2.24) is 9.88 Å². The number of piperazine rings is 1. The van der Waals surface area contributed by atoms with Crippen molar-refractivity contribution < 1.29 is 9.90 Å². The Morgan fingerprint density at radius 1 is 1.35 bits per heavy atom. The van der Waals surface area contributed by atoms with E-state index in [1.54, 1.807) is 11.3 Å². The van der Waals surface area contributed by atoms with Crippen molar-refractivity contribution in [2.24, 2.45) is 0 Å². The Hall–Kier alpha value is -1.14. The van der Waals surface area contributed by atoms with Crippen molar-refractivity contribution in [3.63, 3.8) is 0 Å². The minimum atomic E-state index is -0.741. The van der Waals surface area contributed by atoms with Gasteiger partial charge >= 0.3 is 5.97 Å². The van der Waals surface area contributed by atoms with Crippen molar-refractivity contribution in [2.45, 2.75) is 32.6 Å². The van der Waals surface area contributed by atoms with Crippen LogP contribution in [0.25, 0.3) is 0 Å². The number of hydrogen-bond donors (Lipinski definition) is 1. The molecule has 1 saturated heterocycles. The molecule has 0 spiro atoms. The molecule has 1 N–H and O–H groups in total. The number of nitrogens with zero attached hydrogens (tertiary/aromatic N) is 3. The predicted molar refractivity (Wildman–Crippen MR) is 81.9 cm³/mol. The lowest BCUT2D eigenvalue weighted by molar-refractivity contribution is -0.136. The summed E-state index contributed by atoms with van der Waals surface area (Å²) in [7, 11) is 2.14. The number of aryl methyl sites for hydroxylation is 1. The lowest BCUT2D eigenvalue weighted by atomic mass is 10.1. The molecule has 0 amide bonds. The van der Waals surface area contributed by atoms with Gasteiger partial charge in [0.05, 0.1) is 12.1 Å². The Bertz CT molecular complexity index is 465. The van der Waals surface area contributed by atoms with Gasteiger partial charge in [0, 0.05) is 31.1 Å². The molecule has 1 aromatic heterocycles. The summed E-state index contributed by atoms with van der Waals surface area (Å²) in [6.45, 7) is 8.35. The first-order chi connectivity index (χ1) is 9.47. The van der Waals surface area contributed by atoms with Gasteiger partial charge in [-0.1, -0.05) is 13.8 Å². The van der Waals surface area contributed by atoms with Crippen molar-refractivity contribution in [3.8, 4) is 0 Å². The van der Waals surface area contributed by atoms with E-state index in [-0.39, 0.29) is 6.42 Å². The molecule has 0 radical (unpaired) electrons. The molecule has 2 heterocycles. The number of carbonyl (C=O) groups is 1. The van der Waals surface area contributed by atoms with Crippen molar-refractivity contribution in [2.75, 3.05) is 38.1 Å². The first kappa shape index (κ1) is 15.3. The fourth-order valence-electron chi connectivity index (χ4n) is 2.33. The molecule has 112 valence electrons. The van der Waals surface area contributed by atoms with E-state index in [0.717, 1.165) is 41.9 Å². The SMILES string of the molecule is CC(C)c1nc(N2CCN(C)CC2)sc1CCC(=O)O. The van der Waals surface area contributed by atoms with Gasteiger partial charge in [-0.2, -0.15) is 0 Å². The molecule has 1 aromatic rings. The monoisotopic (exact) mass is 297 g/mol. The topological polar surface area (TPSA) is 56.7 Å². The fraction of sp³-hybridized carbons (Fsp3) is 0.714. The molecule has 0 bridgehead atoms. The van der Waals surface area contributed by atoms with Crippen LogP contribution in [0.2, 0.25) is 0 Å². The van der Waals surface area contributed by atoms with Crippen LogP contribution < -0.4 is 4.90 Å². The molecule has 20 heavy (non-hydrogen) atoms. The van der Waals surface area contributed by atoms with E-state index in [1.165, 1.54) is 0 Å². The van der Waals surface area contributed by atoms with Gasteiger partial charge in [0.25, 0.3) is 0 Å². The Balaban J connectivity index is 2.13. The summed E-state index contributed by atoms with van der Waals surface area (Å²) in [4.78, 5) is 21.3. The highest BCUT2D eigenvalue weighted by molar-refractivity contribution is 7.15. The Kier molecular flexibility index (Phi) is 4.99. The third-order valence-corrected chi connectivity index (χ3v) is 4.79. The Morgan fingerprint density at radius 3 is 2.55 bits per heavy atom. The quantitative estimate of drug-likeness (QED) is 0.901. The summed E-state index contributed by atoms with van der Waals surface area (Å²) < 4.78 is 0. The van der Waals surface area contributed by atoms with Gasteiger partial charge in [0.1, 0.15) is 0 Å². The van der Waals surface area contributed by atoms with Gasteiger partial charge in [0.2, 0.25) is 0 Å². The molecule has 0 aromatic carbocycles. The molecule has 1 fully saturated rings. The minimum absolute atomic E-state index is 0.185. The van der Waals surface area contributed by atoms with Crippen LogP contribution in [-0.2, 0) is 11.2 Å². The van der Waals surface area contributed by atoms with Gasteiger partial charge in [-0.15, -0.1) is 11.3 Å². The maximum atomic E-state index is 10.8. The summed E-state index contributed by atoms with van der Waals surface area (Å²) in [5, 5.41) is 9.91. The highest BCUT2D eigenvalue weighted by Gasteiger charge is 2.21. The number of carboxylic acid groups (broad SMARTS) is 1. The van der Waals surface area contributed by atoms with Gasteiger partial charge < -0.3 is 14.9 Å². The lowest BCUT2D eigenvalue weighted by Gasteiger charge is -2.32. The zero-order valence-electron chi connectivity index (χ0n) is 12.4. The second kappa shape index (κ2) is 6.54. The van der Waals surface area contributed by atoms with Crippen molar-refractivity contribution in [3.05, 3.63) is 10.6 Å². The van der Waals surface area contributed by atoms with E-state index in [2.05, 4.69) is 30.7 Å². The van der Waals surface area contributed by atoms with Crippen LogP contribution in [0.3, 0.4) is 0 Å². The second-order valence-electron chi connectivity index (χ2n) is 5.64. The average Bonchev–Trinajstić information content (AvgIpc) is 2.81. The van der Waals surface area contributed by atoms with E-state index in [0.29, 0.717) is 12.3 Å². The molecule has 0 saturated carbocycles. The summed E-state index contributed by atoms with van der Waals surface area (Å²) in [5.41, 5.74) is 1.07. The smallest absolute Gasteiger partial charge is 0.303 e. The molecular weight excluding hydrogens is 274 g/mol. The van der Waals surface area contributed by atoms with E-state index >= 15 is 0 Å². The van der Waals surface area contributed by atoms with Crippen LogP contribution in [0.5, 0.6) is 0 Å². The van der Waals surface area contributed by atoms with E-state index in [1.807, 2.05) is 0 Å². The first-order valence-electron chi connectivity index (χ1n) is 7.12. The molecule has 1 aliphatic heterocycles. The second-order valence-corrected chi connectivity index (χ2v) is 6.71. The summed E-state index contributed by atoms with van der Waals surface area (Å²) in [5.74, 6) is -0.398. The Morgan fingerprint density at radius 2 is 2.00 bits per heavy atom. The molecule has 0 atom stereocenters. The lowest BCUT2D eigenvalue weighted by Crippen LogP contribution is -2.44. The number of rotatable bonds is 5. The number of aliphatic carboxylic acids is 1. The fourth-order valence-corrected chi connectivity index (χ4v) is 3.60. The summed E-state index contributed by atoms with van der Waals surface area (Å²) >= 11 is 1.67. The Labute approximate surface area is 124 Å². The van der Waals surface area contributed by atoms with Crippen LogP contribution >= 0.6 is 11.3 Å². The third-order valence-electron chi connectivity index (χ3n) is 3.60. The highest BCUT2D eigenvalue weighted by Crippen LogP contribution is 2.32. The molecule has 5 nitrogen and oxygen atoms in total. The summed E-state index contributed by atoms with van der Waals surface area (Å²) in [6.07, 6.45) is 0.776. The van der Waals surface area contributed by atoms with Crippen LogP contribution in [0.1, 0.15) is 36.8 Å². The van der Waals surface area contributed by atoms with Crippen molar-refractivity contribution in [1.29, 1.82) is 0 Å². The molecule has 1 aliphatic rings. The number of aromatic nitrogens is 1. The molecule has 2 rings (SSSR count). The van der Waals surface area contributed by atoms with Gasteiger partial charge in [0.15, 0.2) is 5.13 Å². The molecular formula is C14H23N3O2S. The van der Waals surface area contributed by atoms with Crippen LogP contribution in [-0.4, -0.2) is 54.2 Å². The number of hydrogen-bond acceptors (Lipinski definition) is 5. The number of likely N-dealkylation sites (N-methyl/N-ethyl adjacent to an activating group) is 1. The normalized spacial score (nSPS) is 16.9.